The molecule has 3 amide bonds. The summed E-state index contributed by atoms with van der Waals surface area (Å²) in [5.74, 6) is -0.487. The number of nitrogens with zero attached hydrogens (tertiary/aromatic N) is 3. The fourth-order valence-electron chi connectivity index (χ4n) is 1.41. The fourth-order valence-corrected chi connectivity index (χ4v) is 1.41. The third kappa shape index (κ3) is 6.25. The second-order valence-corrected chi connectivity index (χ2v) is 4.03. The van der Waals surface area contributed by atoms with E-state index in [1.807, 2.05) is 0 Å². The zero-order chi connectivity index (χ0) is 14.8. The van der Waals surface area contributed by atoms with Gasteiger partial charge in [-0.1, -0.05) is 5.21 Å². The Morgan fingerprint density at radius 1 is 1.50 bits per heavy atom. The van der Waals surface area contributed by atoms with Crippen LogP contribution in [0.1, 0.15) is 12.1 Å². The molecular formula is C11H19N5O4. The molecule has 0 saturated carbocycles. The summed E-state index contributed by atoms with van der Waals surface area (Å²) in [6.45, 7) is 0.683. The maximum Gasteiger partial charge on any atom is 0.321 e. The number of carbonyl (C=O) groups excluding carboxylic acids is 2. The molecule has 1 aromatic rings. The first-order valence-electron chi connectivity index (χ1n) is 6.22. The SMILES string of the molecule is COCCNC(=O)NC(=O)Cn1cc(CCCO)nn1. The van der Waals surface area contributed by atoms with E-state index >= 15 is 0 Å². The fraction of sp³-hybridized carbons (Fsp3) is 0.636. The number of hydrogen-bond donors (Lipinski definition) is 3. The summed E-state index contributed by atoms with van der Waals surface area (Å²) in [6.07, 6.45) is 2.79. The molecule has 0 fully saturated rings. The molecule has 112 valence electrons. The van der Waals surface area contributed by atoms with Gasteiger partial charge in [-0.25, -0.2) is 9.48 Å². The summed E-state index contributed by atoms with van der Waals surface area (Å²) in [5, 5.41) is 20.9. The zero-order valence-electron chi connectivity index (χ0n) is 11.3. The van der Waals surface area contributed by atoms with Crippen LogP contribution in [0.3, 0.4) is 0 Å². The van der Waals surface area contributed by atoms with Gasteiger partial charge in [0.25, 0.3) is 0 Å². The molecule has 0 saturated heterocycles. The largest absolute Gasteiger partial charge is 0.396 e. The molecule has 0 aliphatic heterocycles. The van der Waals surface area contributed by atoms with E-state index in [2.05, 4.69) is 20.9 Å². The van der Waals surface area contributed by atoms with Crippen molar-refractivity contribution in [2.75, 3.05) is 26.9 Å². The van der Waals surface area contributed by atoms with Gasteiger partial charge in [-0.15, -0.1) is 5.10 Å². The Kier molecular flexibility index (Phi) is 7.22. The van der Waals surface area contributed by atoms with E-state index in [9.17, 15) is 9.59 Å². The van der Waals surface area contributed by atoms with Crippen molar-refractivity contribution < 1.29 is 19.4 Å². The molecule has 9 heteroatoms. The second kappa shape index (κ2) is 8.99. The summed E-state index contributed by atoms with van der Waals surface area (Å²) in [5.41, 5.74) is 0.691. The summed E-state index contributed by atoms with van der Waals surface area (Å²) in [4.78, 5) is 22.8. The molecule has 9 nitrogen and oxygen atoms in total. The number of rotatable bonds is 8. The van der Waals surface area contributed by atoms with Crippen LogP contribution in [0.15, 0.2) is 6.20 Å². The van der Waals surface area contributed by atoms with Gasteiger partial charge in [-0.05, 0) is 12.8 Å². The molecular weight excluding hydrogens is 266 g/mol. The van der Waals surface area contributed by atoms with Crippen LogP contribution in [0, 0.1) is 0 Å². The number of urea groups is 1. The minimum Gasteiger partial charge on any atom is -0.396 e. The smallest absolute Gasteiger partial charge is 0.321 e. The third-order valence-corrected chi connectivity index (χ3v) is 2.33. The molecule has 0 spiro atoms. The highest BCUT2D eigenvalue weighted by molar-refractivity contribution is 5.94. The molecule has 1 rings (SSSR count). The van der Waals surface area contributed by atoms with Crippen LogP contribution in [0.2, 0.25) is 0 Å². The average molecular weight is 285 g/mol. The molecule has 0 aliphatic carbocycles. The van der Waals surface area contributed by atoms with Crippen molar-refractivity contribution in [3.05, 3.63) is 11.9 Å². The molecule has 0 unspecified atom stereocenters. The Balaban J connectivity index is 2.30. The van der Waals surface area contributed by atoms with Gasteiger partial charge in [0, 0.05) is 26.5 Å². The molecule has 0 aromatic carbocycles. The van der Waals surface area contributed by atoms with E-state index < -0.39 is 11.9 Å². The number of methoxy groups -OCH3 is 1. The standard InChI is InChI=1S/C11H19N5O4/c1-20-6-4-12-11(19)13-10(18)8-16-7-9(14-15-16)3-2-5-17/h7,17H,2-6,8H2,1H3,(H2,12,13,18,19). The maximum absolute atomic E-state index is 11.5. The number of aryl methyl sites for hydroxylation is 1. The Morgan fingerprint density at radius 2 is 2.30 bits per heavy atom. The molecule has 3 N–H and O–H groups in total. The minimum atomic E-state index is -0.576. The van der Waals surface area contributed by atoms with E-state index in [-0.39, 0.29) is 13.2 Å². The van der Waals surface area contributed by atoms with Crippen molar-refractivity contribution in [2.24, 2.45) is 0 Å². The Labute approximate surface area is 116 Å². The van der Waals surface area contributed by atoms with Crippen LogP contribution in [0.4, 0.5) is 4.79 Å². The van der Waals surface area contributed by atoms with Crippen molar-refractivity contribution >= 4 is 11.9 Å². The van der Waals surface area contributed by atoms with E-state index in [0.717, 1.165) is 0 Å². The van der Waals surface area contributed by atoms with Crippen LogP contribution in [-0.4, -0.2) is 58.9 Å². The Bertz CT molecular complexity index is 434. The number of nitrogens with one attached hydrogen (secondary N) is 2. The minimum absolute atomic E-state index is 0.0784. The summed E-state index contributed by atoms with van der Waals surface area (Å²) < 4.78 is 6.10. The predicted molar refractivity (Wildman–Crippen MR) is 68.8 cm³/mol. The van der Waals surface area contributed by atoms with Crippen molar-refractivity contribution in [3.8, 4) is 0 Å². The van der Waals surface area contributed by atoms with Crippen molar-refractivity contribution in [2.45, 2.75) is 19.4 Å². The number of ether oxygens (including phenoxy) is 1. The normalized spacial score (nSPS) is 10.3. The summed E-state index contributed by atoms with van der Waals surface area (Å²) >= 11 is 0. The number of imide groups is 1. The lowest BCUT2D eigenvalue weighted by Crippen LogP contribution is -2.42. The predicted octanol–water partition coefficient (Wildman–Crippen LogP) is -1.32. The monoisotopic (exact) mass is 285 g/mol. The molecule has 0 atom stereocenters. The van der Waals surface area contributed by atoms with Gasteiger partial charge < -0.3 is 15.2 Å². The highest BCUT2D eigenvalue weighted by Crippen LogP contribution is 1.97. The van der Waals surface area contributed by atoms with Gasteiger partial charge in [0.2, 0.25) is 5.91 Å². The number of amides is 3. The van der Waals surface area contributed by atoms with Crippen LogP contribution in [0.5, 0.6) is 0 Å². The molecule has 0 bridgehead atoms. The first-order valence-corrected chi connectivity index (χ1v) is 6.22. The molecule has 1 aromatic heterocycles. The lowest BCUT2D eigenvalue weighted by molar-refractivity contribution is -0.120. The molecule has 20 heavy (non-hydrogen) atoms. The number of aromatic nitrogens is 3. The van der Waals surface area contributed by atoms with E-state index in [1.54, 1.807) is 6.20 Å². The number of aliphatic hydroxyl groups excluding tert-OH is 1. The van der Waals surface area contributed by atoms with Crippen molar-refractivity contribution in [3.63, 3.8) is 0 Å². The van der Waals surface area contributed by atoms with Crippen LogP contribution in [-0.2, 0) is 22.5 Å². The van der Waals surface area contributed by atoms with Gasteiger partial charge in [0.05, 0.1) is 12.3 Å². The Morgan fingerprint density at radius 3 is 3.00 bits per heavy atom. The second-order valence-electron chi connectivity index (χ2n) is 4.03. The maximum atomic E-state index is 11.5. The molecule has 1 heterocycles. The topological polar surface area (TPSA) is 118 Å². The number of carbonyl (C=O) groups is 2. The van der Waals surface area contributed by atoms with E-state index in [1.165, 1.54) is 11.8 Å². The highest BCUT2D eigenvalue weighted by Gasteiger charge is 2.09. The van der Waals surface area contributed by atoms with E-state index in [0.29, 0.717) is 31.7 Å². The highest BCUT2D eigenvalue weighted by atomic mass is 16.5. The summed E-state index contributed by atoms with van der Waals surface area (Å²) in [6, 6.07) is -0.576. The molecule has 0 radical (unpaired) electrons. The lowest BCUT2D eigenvalue weighted by atomic mass is 10.3. The van der Waals surface area contributed by atoms with Crippen LogP contribution >= 0.6 is 0 Å². The quantitative estimate of drug-likeness (QED) is 0.510. The van der Waals surface area contributed by atoms with Crippen LogP contribution < -0.4 is 10.6 Å². The van der Waals surface area contributed by atoms with Gasteiger partial charge in [0.1, 0.15) is 6.54 Å². The Hall–Kier alpha value is -2.00. The molecule has 0 aliphatic rings. The van der Waals surface area contributed by atoms with E-state index in [4.69, 9.17) is 9.84 Å². The van der Waals surface area contributed by atoms with Gasteiger partial charge in [-0.3, -0.25) is 10.1 Å². The lowest BCUT2D eigenvalue weighted by Gasteiger charge is -2.05. The first-order chi connectivity index (χ1) is 9.65. The van der Waals surface area contributed by atoms with Gasteiger partial charge in [-0.2, -0.15) is 0 Å². The number of aliphatic hydroxyl groups is 1. The number of hydrogen-bond acceptors (Lipinski definition) is 6. The average Bonchev–Trinajstić information content (AvgIpc) is 2.84. The van der Waals surface area contributed by atoms with Gasteiger partial charge >= 0.3 is 6.03 Å². The third-order valence-electron chi connectivity index (χ3n) is 2.33. The van der Waals surface area contributed by atoms with Gasteiger partial charge in [0.15, 0.2) is 0 Å². The van der Waals surface area contributed by atoms with Crippen molar-refractivity contribution in [1.29, 1.82) is 0 Å². The summed E-state index contributed by atoms with van der Waals surface area (Å²) in [7, 11) is 1.52. The van der Waals surface area contributed by atoms with Crippen LogP contribution in [0.25, 0.3) is 0 Å². The first kappa shape index (κ1) is 16.1. The zero-order valence-corrected chi connectivity index (χ0v) is 11.3. The van der Waals surface area contributed by atoms with Crippen molar-refractivity contribution in [1.82, 2.24) is 25.6 Å².